The normalized spacial score (nSPS) is 19.2. The summed E-state index contributed by atoms with van der Waals surface area (Å²) >= 11 is 11.8. The number of nitrogens with zero attached hydrogens (tertiary/aromatic N) is 5. The third kappa shape index (κ3) is 36.1. The lowest BCUT2D eigenvalue weighted by molar-refractivity contribution is -0.134. The van der Waals surface area contributed by atoms with Gasteiger partial charge < -0.3 is 49.8 Å². The van der Waals surface area contributed by atoms with Gasteiger partial charge >= 0.3 is 18.3 Å². The summed E-state index contributed by atoms with van der Waals surface area (Å²) in [6, 6.07) is 1.32. The fourth-order valence-corrected chi connectivity index (χ4v) is 11.1. The number of halogens is 4. The molecule has 0 radical (unpaired) electrons. The number of hydrogen-bond acceptors (Lipinski definition) is 11. The van der Waals surface area contributed by atoms with Gasteiger partial charge in [0.05, 0.1) is 0 Å². The number of ether oxygens (including phenoxy) is 3. The Morgan fingerprint density at radius 1 is 0.506 bits per heavy atom. The molecule has 17 nitrogen and oxygen atoms in total. The molecule has 0 spiro atoms. The molecule has 0 aromatic heterocycles. The number of hydrogen-bond donors (Lipinski definition) is 2. The molecule has 0 aromatic carbocycles. The SMILES string of the molecule is CC(C)(C)OC(=O)N1CCC(N)CC1.CC(C)(C)OC(=O)N1CCC(N2CCCCCC2=O)CC1.CC(C)(C)OC(=O)N1CCC(NC(=O)CCCCCBr)CC1.Cl.O=C(Cl)CCCCCBr.O=C1CCCCCN1C1CCCCC1.[2HH]. The third-order valence-corrected chi connectivity index (χ3v) is 15.9. The van der Waals surface area contributed by atoms with Crippen molar-refractivity contribution in [1.29, 1.82) is 0 Å². The summed E-state index contributed by atoms with van der Waals surface area (Å²) in [5, 5.41) is 4.87. The van der Waals surface area contributed by atoms with Crippen LogP contribution >= 0.6 is 55.9 Å². The van der Waals surface area contributed by atoms with E-state index in [1.54, 1.807) is 14.7 Å². The smallest absolute Gasteiger partial charge is 0.410 e. The molecule has 6 amide bonds. The predicted molar refractivity (Wildman–Crippen MR) is 337 cm³/mol. The van der Waals surface area contributed by atoms with Gasteiger partial charge in [0, 0.05) is 114 Å². The highest BCUT2D eigenvalue weighted by molar-refractivity contribution is 9.09. The second kappa shape index (κ2) is 41.4. The molecule has 1 saturated carbocycles. The Morgan fingerprint density at radius 3 is 1.25 bits per heavy atom. The minimum Gasteiger partial charge on any atom is -0.444 e. The van der Waals surface area contributed by atoms with E-state index in [1.165, 1.54) is 44.9 Å². The van der Waals surface area contributed by atoms with Crippen LogP contribution in [0.2, 0.25) is 0 Å². The van der Waals surface area contributed by atoms with Crippen LogP contribution < -0.4 is 11.1 Å². The molecule has 6 fully saturated rings. The Labute approximate surface area is 518 Å². The van der Waals surface area contributed by atoms with Crippen molar-refractivity contribution in [2.45, 2.75) is 277 Å². The summed E-state index contributed by atoms with van der Waals surface area (Å²) < 4.78 is 16.0. The second-order valence-corrected chi connectivity index (χ2v) is 27.3. The number of carbonyl (C=O) groups is 7. The maximum atomic E-state index is 12.1. The quantitative estimate of drug-likeness (QED) is 0.0769. The fraction of sp³-hybridized carbons (Fsp3) is 0.883. The van der Waals surface area contributed by atoms with Crippen LogP contribution in [0.1, 0.15) is 237 Å². The number of amides is 6. The molecule has 81 heavy (non-hydrogen) atoms. The summed E-state index contributed by atoms with van der Waals surface area (Å²) in [7, 11) is 0. The molecule has 0 atom stereocenters. The molecular formula is C60H111Br2Cl2N7O10. The Bertz CT molecular complexity index is 1820. The van der Waals surface area contributed by atoms with E-state index < -0.39 is 16.8 Å². The first-order chi connectivity index (χ1) is 37.7. The van der Waals surface area contributed by atoms with Gasteiger partial charge in [0.15, 0.2) is 0 Å². The Hall–Kier alpha value is -2.61. The van der Waals surface area contributed by atoms with Crippen LogP contribution in [-0.4, -0.2) is 170 Å². The van der Waals surface area contributed by atoms with Gasteiger partial charge in [0.25, 0.3) is 0 Å². The van der Waals surface area contributed by atoms with E-state index in [-0.39, 0.29) is 55.3 Å². The molecular weight excluding hydrogens is 1210 g/mol. The number of rotatable bonds is 13. The van der Waals surface area contributed by atoms with Crippen LogP contribution in [0.15, 0.2) is 0 Å². The molecule has 6 rings (SSSR count). The van der Waals surface area contributed by atoms with Gasteiger partial charge in [0.1, 0.15) is 16.8 Å². The number of unbranched alkanes of at least 4 members (excludes halogenated alkanes) is 4. The largest absolute Gasteiger partial charge is 0.444 e. The van der Waals surface area contributed by atoms with Crippen molar-refractivity contribution in [3.8, 4) is 0 Å². The summed E-state index contributed by atoms with van der Waals surface area (Å²) in [5.74, 6) is 0.850. The molecule has 5 heterocycles. The number of likely N-dealkylation sites (tertiary alicyclic amines) is 5. The average Bonchev–Trinajstić information content (AvgIpc) is 3.75. The van der Waals surface area contributed by atoms with Crippen molar-refractivity contribution in [2.75, 3.05) is 63.0 Å². The van der Waals surface area contributed by atoms with Crippen molar-refractivity contribution in [2.24, 2.45) is 5.73 Å². The van der Waals surface area contributed by atoms with Crippen LogP contribution in [0, 0.1) is 0 Å². The van der Waals surface area contributed by atoms with Crippen molar-refractivity contribution < 1.29 is 49.2 Å². The lowest BCUT2D eigenvalue weighted by Gasteiger charge is -2.38. The minimum absolute atomic E-state index is 0. The van der Waals surface area contributed by atoms with Crippen molar-refractivity contribution in [3.63, 3.8) is 0 Å². The fourth-order valence-electron chi connectivity index (χ4n) is 10.2. The molecule has 1 aliphatic carbocycles. The molecule has 0 bridgehead atoms. The second-order valence-electron chi connectivity index (χ2n) is 25.3. The van der Waals surface area contributed by atoms with Crippen molar-refractivity contribution in [3.05, 3.63) is 0 Å². The van der Waals surface area contributed by atoms with Gasteiger partial charge in [-0.1, -0.05) is 76.8 Å². The highest BCUT2D eigenvalue weighted by Gasteiger charge is 2.33. The minimum atomic E-state index is -0.461. The van der Waals surface area contributed by atoms with Gasteiger partial charge in [-0.2, -0.15) is 0 Å². The molecule has 21 heteroatoms. The van der Waals surface area contributed by atoms with E-state index in [0.29, 0.717) is 69.3 Å². The van der Waals surface area contributed by atoms with Gasteiger partial charge in [-0.25, -0.2) is 14.4 Å². The van der Waals surface area contributed by atoms with E-state index >= 15 is 0 Å². The van der Waals surface area contributed by atoms with Gasteiger partial charge in [-0.3, -0.25) is 19.2 Å². The lowest BCUT2D eigenvalue weighted by atomic mass is 9.94. The number of piperidine rings is 3. The predicted octanol–water partition coefficient (Wildman–Crippen LogP) is 13.7. The van der Waals surface area contributed by atoms with Crippen LogP contribution in [0.4, 0.5) is 14.4 Å². The van der Waals surface area contributed by atoms with Crippen LogP contribution in [0.25, 0.3) is 0 Å². The maximum Gasteiger partial charge on any atom is 0.410 e. The highest BCUT2D eigenvalue weighted by Crippen LogP contribution is 2.26. The molecule has 6 aliphatic rings. The Balaban J connectivity index is 0.00000102. The van der Waals surface area contributed by atoms with Crippen molar-refractivity contribution in [1.82, 2.24) is 29.8 Å². The first-order valence-electron chi connectivity index (χ1n) is 30.6. The number of nitrogens with two attached hydrogens (primary N) is 1. The zero-order valence-corrected chi connectivity index (χ0v) is 56.2. The third-order valence-electron chi connectivity index (χ3n) is 14.5. The maximum absolute atomic E-state index is 12.1. The van der Waals surface area contributed by atoms with E-state index in [1.807, 2.05) is 62.3 Å². The zero-order valence-electron chi connectivity index (χ0n) is 51.4. The van der Waals surface area contributed by atoms with Crippen LogP contribution in [0.5, 0.6) is 0 Å². The molecule has 0 unspecified atom stereocenters. The molecule has 5 saturated heterocycles. The van der Waals surface area contributed by atoms with Gasteiger partial charge in [-0.15, -0.1) is 12.4 Å². The van der Waals surface area contributed by atoms with Gasteiger partial charge in [-0.05, 0) is 177 Å². The average molecular weight is 1320 g/mol. The number of nitrogens with one attached hydrogen (secondary N) is 1. The molecule has 3 N–H and O–H groups in total. The summed E-state index contributed by atoms with van der Waals surface area (Å²) in [5.41, 5.74) is 4.43. The molecule has 474 valence electrons. The van der Waals surface area contributed by atoms with Crippen LogP contribution in [-0.2, 0) is 33.4 Å². The van der Waals surface area contributed by atoms with E-state index in [0.717, 1.165) is 146 Å². The topological polar surface area (TPSA) is 201 Å². The van der Waals surface area contributed by atoms with Gasteiger partial charge in [0.2, 0.25) is 23.0 Å². The Morgan fingerprint density at radius 2 is 0.864 bits per heavy atom. The van der Waals surface area contributed by atoms with E-state index in [9.17, 15) is 33.6 Å². The van der Waals surface area contributed by atoms with Crippen LogP contribution in [0.3, 0.4) is 0 Å². The number of carbonyl (C=O) groups excluding carboxylic acids is 7. The first kappa shape index (κ1) is 76.4. The monoisotopic (exact) mass is 1320 g/mol. The van der Waals surface area contributed by atoms with E-state index in [4.69, 9.17) is 31.5 Å². The highest BCUT2D eigenvalue weighted by atomic mass is 79.9. The summed E-state index contributed by atoms with van der Waals surface area (Å²) in [6.07, 6.45) is 26.7. The summed E-state index contributed by atoms with van der Waals surface area (Å²) in [4.78, 5) is 91.0. The lowest BCUT2D eigenvalue weighted by Crippen LogP contribution is -2.49. The van der Waals surface area contributed by atoms with Crippen molar-refractivity contribution >= 4 is 97.1 Å². The van der Waals surface area contributed by atoms with E-state index in [2.05, 4.69) is 47.0 Å². The first-order valence-corrected chi connectivity index (χ1v) is 33.2. The molecule has 0 aromatic rings. The summed E-state index contributed by atoms with van der Waals surface area (Å²) in [6.45, 7) is 22.9. The zero-order chi connectivity index (χ0) is 59.7. The standard InChI is InChI=1S/C16H29BrN2O3.C16H28N2O3.C12H21NO.C10H20N2O2.C6H10BrClO.ClH.H2/c1-16(2,3)22-15(21)19-11-8-13(9-12-19)18-14(20)7-5-4-6-10-17;1-16(2,3)21-15(20)17-11-8-13(9-12-17)18-10-6-4-5-7-14(18)19;14-12-9-5-2-6-10-13(12)11-7-3-1-4-8-11;1-10(2,3)14-9(13)12-6-4-8(11)5-7-12;7-5-3-1-2-4-6(8)9;;/h13H,4-12H2,1-3H3,(H,18,20);13H,4-12H2,1-3H3;11H,1-10H2;8H,4-7,11H2,1-3H3;1-5H2;2*1H/i;;;;;;1+1. The molecule has 5 aliphatic heterocycles. The Kier molecular flexibility index (Phi) is 39.1. The number of alkyl halides is 2.